The predicted molar refractivity (Wildman–Crippen MR) is 62.6 cm³/mol. The van der Waals surface area contributed by atoms with Crippen molar-refractivity contribution >= 4 is 0 Å². The highest BCUT2D eigenvalue weighted by molar-refractivity contribution is 4.78. The summed E-state index contributed by atoms with van der Waals surface area (Å²) in [6.07, 6.45) is 3.93. The van der Waals surface area contributed by atoms with Crippen molar-refractivity contribution in [2.45, 2.75) is 52.1 Å². The van der Waals surface area contributed by atoms with Gasteiger partial charge in [-0.25, -0.2) is 0 Å². The fourth-order valence-electron chi connectivity index (χ4n) is 2.35. The number of hydrogen-bond acceptors (Lipinski definition) is 2. The molecule has 1 unspecified atom stereocenters. The van der Waals surface area contributed by atoms with E-state index in [0.29, 0.717) is 6.04 Å². The summed E-state index contributed by atoms with van der Waals surface area (Å²) in [5.41, 5.74) is 0. The number of nitrogens with one attached hydrogen (secondary N) is 1. The van der Waals surface area contributed by atoms with E-state index in [1.54, 1.807) is 0 Å². The Labute approximate surface area is 89.1 Å². The molecule has 0 bridgehead atoms. The van der Waals surface area contributed by atoms with Crippen molar-refractivity contribution in [3.63, 3.8) is 0 Å². The third-order valence-corrected chi connectivity index (χ3v) is 3.06. The maximum Gasteiger partial charge on any atom is 0.00938 e. The van der Waals surface area contributed by atoms with E-state index in [1.165, 1.54) is 32.4 Å². The lowest BCUT2D eigenvalue weighted by Gasteiger charge is -2.32. The van der Waals surface area contributed by atoms with Gasteiger partial charge in [0.25, 0.3) is 0 Å². The molecule has 0 aliphatic carbocycles. The number of nitrogens with zero attached hydrogens (tertiary/aromatic N) is 1. The summed E-state index contributed by atoms with van der Waals surface area (Å²) in [7, 11) is 2.22. The van der Waals surface area contributed by atoms with Gasteiger partial charge in [-0.15, -0.1) is 0 Å². The molecule has 84 valence electrons. The van der Waals surface area contributed by atoms with Gasteiger partial charge in [0.1, 0.15) is 0 Å². The van der Waals surface area contributed by atoms with E-state index in [2.05, 4.69) is 38.0 Å². The first-order valence-corrected chi connectivity index (χ1v) is 6.02. The third kappa shape index (κ3) is 4.43. The normalized spacial score (nSPS) is 22.9. The molecule has 1 rings (SSSR count). The molecule has 0 aromatic heterocycles. The topological polar surface area (TPSA) is 15.3 Å². The third-order valence-electron chi connectivity index (χ3n) is 3.06. The van der Waals surface area contributed by atoms with Gasteiger partial charge in [-0.1, -0.05) is 13.8 Å². The minimum Gasteiger partial charge on any atom is -0.311 e. The monoisotopic (exact) mass is 198 g/mol. The molecular weight excluding hydrogens is 172 g/mol. The molecule has 1 atom stereocenters. The molecule has 1 fully saturated rings. The molecule has 2 nitrogen and oxygen atoms in total. The summed E-state index contributed by atoms with van der Waals surface area (Å²) in [4.78, 5) is 2.42. The zero-order chi connectivity index (χ0) is 10.6. The maximum atomic E-state index is 3.74. The summed E-state index contributed by atoms with van der Waals surface area (Å²) in [6, 6.07) is 1.45. The van der Waals surface area contributed by atoms with Crippen LogP contribution in [-0.2, 0) is 0 Å². The highest BCUT2D eigenvalue weighted by atomic mass is 15.1. The van der Waals surface area contributed by atoms with E-state index in [1.807, 2.05) is 0 Å². The number of rotatable bonds is 4. The number of hydrogen-bond donors (Lipinski definition) is 1. The summed E-state index contributed by atoms with van der Waals surface area (Å²) < 4.78 is 0. The Hall–Kier alpha value is -0.0800. The average Bonchev–Trinajstić information content (AvgIpc) is 2.07. The van der Waals surface area contributed by atoms with Crippen molar-refractivity contribution in [2.75, 3.05) is 20.1 Å². The van der Waals surface area contributed by atoms with Crippen LogP contribution in [0.5, 0.6) is 0 Å². The Morgan fingerprint density at radius 2 is 1.79 bits per heavy atom. The Kier molecular flexibility index (Phi) is 4.90. The predicted octanol–water partition coefficient (Wildman–Crippen LogP) is 2.10. The van der Waals surface area contributed by atoms with Gasteiger partial charge >= 0.3 is 0 Å². The molecule has 0 aromatic rings. The molecule has 1 aliphatic heterocycles. The summed E-state index contributed by atoms with van der Waals surface area (Å²) in [6.45, 7) is 9.43. The van der Waals surface area contributed by atoms with Crippen molar-refractivity contribution < 1.29 is 0 Å². The van der Waals surface area contributed by atoms with Crippen LogP contribution in [0, 0.1) is 5.92 Å². The highest BCUT2D eigenvalue weighted by Crippen LogP contribution is 2.11. The van der Waals surface area contributed by atoms with E-state index in [9.17, 15) is 0 Å². The molecule has 0 saturated carbocycles. The standard InChI is InChI=1S/C12H26N2/c1-10(2)9-11(3)13-12-5-7-14(4)8-6-12/h10-13H,5-9H2,1-4H3. The second-order valence-corrected chi connectivity index (χ2v) is 5.27. The molecule has 1 saturated heterocycles. The van der Waals surface area contributed by atoms with Crippen molar-refractivity contribution in [2.24, 2.45) is 5.92 Å². The van der Waals surface area contributed by atoms with Crippen molar-refractivity contribution in [3.8, 4) is 0 Å². The largest absolute Gasteiger partial charge is 0.311 e. The van der Waals surface area contributed by atoms with Crippen LogP contribution in [0.4, 0.5) is 0 Å². The Morgan fingerprint density at radius 3 is 2.29 bits per heavy atom. The zero-order valence-corrected chi connectivity index (χ0v) is 10.2. The molecule has 0 radical (unpaired) electrons. The Morgan fingerprint density at radius 1 is 1.21 bits per heavy atom. The lowest BCUT2D eigenvalue weighted by atomic mass is 10.0. The first kappa shape index (κ1) is 12.0. The molecule has 1 heterocycles. The van der Waals surface area contributed by atoms with Crippen LogP contribution in [0.2, 0.25) is 0 Å². The van der Waals surface area contributed by atoms with Crippen LogP contribution in [0.3, 0.4) is 0 Å². The van der Waals surface area contributed by atoms with Gasteiger partial charge in [0.2, 0.25) is 0 Å². The van der Waals surface area contributed by atoms with E-state index in [0.717, 1.165) is 12.0 Å². The highest BCUT2D eigenvalue weighted by Gasteiger charge is 2.18. The molecule has 0 spiro atoms. The zero-order valence-electron chi connectivity index (χ0n) is 10.2. The van der Waals surface area contributed by atoms with Crippen LogP contribution in [-0.4, -0.2) is 37.1 Å². The second kappa shape index (κ2) is 5.72. The van der Waals surface area contributed by atoms with E-state index < -0.39 is 0 Å². The van der Waals surface area contributed by atoms with E-state index >= 15 is 0 Å². The van der Waals surface area contributed by atoms with Crippen molar-refractivity contribution in [3.05, 3.63) is 0 Å². The molecule has 2 heteroatoms. The lowest BCUT2D eigenvalue weighted by molar-refractivity contribution is 0.222. The molecule has 1 N–H and O–H groups in total. The summed E-state index contributed by atoms with van der Waals surface area (Å²) in [5.74, 6) is 0.809. The van der Waals surface area contributed by atoms with Gasteiger partial charge in [-0.2, -0.15) is 0 Å². The Balaban J connectivity index is 2.17. The van der Waals surface area contributed by atoms with Gasteiger partial charge in [-0.3, -0.25) is 0 Å². The SMILES string of the molecule is CC(C)CC(C)NC1CCN(C)CC1. The lowest BCUT2D eigenvalue weighted by Crippen LogP contribution is -2.44. The quantitative estimate of drug-likeness (QED) is 0.744. The summed E-state index contributed by atoms with van der Waals surface area (Å²) in [5, 5.41) is 3.74. The average molecular weight is 198 g/mol. The Bertz CT molecular complexity index is 148. The fraction of sp³-hybridized carbons (Fsp3) is 1.00. The van der Waals surface area contributed by atoms with Crippen molar-refractivity contribution in [1.29, 1.82) is 0 Å². The van der Waals surface area contributed by atoms with Gasteiger partial charge in [-0.05, 0) is 52.2 Å². The maximum absolute atomic E-state index is 3.74. The fourth-order valence-corrected chi connectivity index (χ4v) is 2.35. The van der Waals surface area contributed by atoms with Gasteiger partial charge in [0.15, 0.2) is 0 Å². The smallest absolute Gasteiger partial charge is 0.00938 e. The van der Waals surface area contributed by atoms with Gasteiger partial charge < -0.3 is 10.2 Å². The first-order valence-electron chi connectivity index (χ1n) is 6.02. The first-order chi connectivity index (χ1) is 6.58. The van der Waals surface area contributed by atoms with E-state index in [4.69, 9.17) is 0 Å². The summed E-state index contributed by atoms with van der Waals surface area (Å²) >= 11 is 0. The van der Waals surface area contributed by atoms with Gasteiger partial charge in [0, 0.05) is 12.1 Å². The molecule has 0 amide bonds. The minimum absolute atomic E-state index is 0.684. The minimum atomic E-state index is 0.684. The van der Waals surface area contributed by atoms with Crippen LogP contribution in [0.1, 0.15) is 40.0 Å². The van der Waals surface area contributed by atoms with Crippen LogP contribution < -0.4 is 5.32 Å². The van der Waals surface area contributed by atoms with Gasteiger partial charge in [0.05, 0.1) is 0 Å². The molecule has 1 aliphatic rings. The van der Waals surface area contributed by atoms with Crippen molar-refractivity contribution in [1.82, 2.24) is 10.2 Å². The van der Waals surface area contributed by atoms with Crippen LogP contribution in [0.15, 0.2) is 0 Å². The van der Waals surface area contributed by atoms with Crippen LogP contribution >= 0.6 is 0 Å². The van der Waals surface area contributed by atoms with Crippen LogP contribution in [0.25, 0.3) is 0 Å². The molecule has 0 aromatic carbocycles. The molecular formula is C12H26N2. The van der Waals surface area contributed by atoms with E-state index in [-0.39, 0.29) is 0 Å². The molecule has 14 heavy (non-hydrogen) atoms. The number of piperidine rings is 1. The number of likely N-dealkylation sites (tertiary alicyclic amines) is 1. The second-order valence-electron chi connectivity index (χ2n) is 5.27.